The minimum absolute atomic E-state index is 0.0844. The number of aliphatic hydroxyl groups excluding tert-OH is 1. The van der Waals surface area contributed by atoms with E-state index in [0.717, 1.165) is 49.0 Å². The van der Waals surface area contributed by atoms with Crippen molar-refractivity contribution in [2.24, 2.45) is 0 Å². The van der Waals surface area contributed by atoms with Gasteiger partial charge in [-0.25, -0.2) is 0 Å². The second-order valence-electron chi connectivity index (χ2n) is 6.90. The van der Waals surface area contributed by atoms with E-state index in [2.05, 4.69) is 15.5 Å². The Bertz CT molecular complexity index is 815. The van der Waals surface area contributed by atoms with Gasteiger partial charge in [-0.05, 0) is 55.9 Å². The van der Waals surface area contributed by atoms with E-state index in [-0.39, 0.29) is 11.8 Å². The Kier molecular flexibility index (Phi) is 4.98. The average molecular weight is 376 g/mol. The van der Waals surface area contributed by atoms with Crippen LogP contribution in [-0.4, -0.2) is 45.8 Å². The Morgan fingerprint density at radius 3 is 2.73 bits per heavy atom. The summed E-state index contributed by atoms with van der Waals surface area (Å²) in [6, 6.07) is 4.97. The number of aliphatic hydroxyl groups is 1. The summed E-state index contributed by atoms with van der Waals surface area (Å²) in [7, 11) is 0. The van der Waals surface area contributed by atoms with Crippen LogP contribution < -0.4 is 5.32 Å². The molecule has 1 aromatic carbocycles. The number of aromatic hydroxyl groups is 1. The molecule has 2 aromatic rings. The van der Waals surface area contributed by atoms with Crippen molar-refractivity contribution in [3.63, 3.8) is 0 Å². The molecule has 1 aliphatic heterocycles. The zero-order valence-electron chi connectivity index (χ0n) is 14.4. The summed E-state index contributed by atoms with van der Waals surface area (Å²) in [6.07, 6.45) is 4.16. The molecule has 0 radical (unpaired) electrons. The average Bonchev–Trinajstić information content (AvgIpc) is 2.64. The molecule has 0 amide bonds. The lowest BCUT2D eigenvalue weighted by Gasteiger charge is -2.30. The minimum Gasteiger partial charge on any atom is -0.507 e. The highest BCUT2D eigenvalue weighted by Gasteiger charge is 2.27. The van der Waals surface area contributed by atoms with E-state index in [1.807, 2.05) is 0 Å². The number of nitrogens with one attached hydrogen (secondary N) is 1. The summed E-state index contributed by atoms with van der Waals surface area (Å²) < 4.78 is 5.30. The molecule has 138 valence electrons. The molecule has 1 aliphatic carbocycles. The first-order valence-corrected chi connectivity index (χ1v) is 9.41. The zero-order valence-corrected chi connectivity index (χ0v) is 15.2. The topological polar surface area (TPSA) is 87.5 Å². The Hall–Kier alpha value is -1.89. The van der Waals surface area contributed by atoms with Crippen LogP contribution >= 0.6 is 11.6 Å². The predicted molar refractivity (Wildman–Crippen MR) is 99.6 cm³/mol. The van der Waals surface area contributed by atoms with Gasteiger partial charge in [-0.15, -0.1) is 10.2 Å². The van der Waals surface area contributed by atoms with E-state index >= 15 is 0 Å². The molecule has 7 heteroatoms. The normalized spacial score (nSPS) is 22.7. The van der Waals surface area contributed by atoms with Crippen LogP contribution in [0.15, 0.2) is 18.2 Å². The van der Waals surface area contributed by atoms with Crippen molar-refractivity contribution in [1.29, 1.82) is 0 Å². The van der Waals surface area contributed by atoms with Gasteiger partial charge in [0.05, 0.1) is 18.8 Å². The highest BCUT2D eigenvalue weighted by molar-refractivity contribution is 6.30. The minimum atomic E-state index is -0.551. The number of hydrogen-bond donors (Lipinski definition) is 3. The molecule has 0 spiro atoms. The molecule has 0 bridgehead atoms. The zero-order chi connectivity index (χ0) is 18.1. The van der Waals surface area contributed by atoms with Gasteiger partial charge in [-0.3, -0.25) is 0 Å². The molecular formula is C19H22ClN3O3. The van der Waals surface area contributed by atoms with Crippen molar-refractivity contribution < 1.29 is 14.9 Å². The maximum absolute atomic E-state index is 10.3. The summed E-state index contributed by atoms with van der Waals surface area (Å²) in [5.41, 5.74) is 3.62. The first kappa shape index (κ1) is 17.5. The number of fused-ring (bicyclic) bond motifs is 1. The van der Waals surface area contributed by atoms with Crippen molar-refractivity contribution in [2.45, 2.75) is 44.2 Å². The van der Waals surface area contributed by atoms with Gasteiger partial charge in [-0.1, -0.05) is 11.6 Å². The van der Waals surface area contributed by atoms with E-state index in [4.69, 9.17) is 16.3 Å². The second kappa shape index (κ2) is 7.39. The molecule has 2 aliphatic rings. The number of ether oxygens (including phenoxy) is 1. The number of phenolic OH excluding ortho intramolecular Hbond substituents is 1. The number of aromatic nitrogens is 2. The molecule has 4 rings (SSSR count). The van der Waals surface area contributed by atoms with Crippen LogP contribution in [0.2, 0.25) is 5.02 Å². The van der Waals surface area contributed by atoms with E-state index in [1.165, 1.54) is 6.07 Å². The molecule has 26 heavy (non-hydrogen) atoms. The number of rotatable bonds is 3. The van der Waals surface area contributed by atoms with Crippen molar-refractivity contribution in [2.75, 3.05) is 18.5 Å². The molecule has 0 saturated carbocycles. The summed E-state index contributed by atoms with van der Waals surface area (Å²) in [4.78, 5) is 0. The number of phenols is 1. The van der Waals surface area contributed by atoms with Gasteiger partial charge in [-0.2, -0.15) is 0 Å². The van der Waals surface area contributed by atoms with Crippen LogP contribution in [0.5, 0.6) is 5.75 Å². The molecular weight excluding hydrogens is 354 g/mol. The fourth-order valence-corrected chi connectivity index (χ4v) is 3.92. The number of anilines is 1. The fraction of sp³-hybridized carbons (Fsp3) is 0.474. The summed E-state index contributed by atoms with van der Waals surface area (Å²) >= 11 is 5.96. The fourth-order valence-electron chi connectivity index (χ4n) is 3.75. The number of nitrogens with zero attached hydrogens (tertiary/aromatic N) is 2. The Balaban J connectivity index is 1.72. The quantitative estimate of drug-likeness (QED) is 0.764. The van der Waals surface area contributed by atoms with E-state index in [1.54, 1.807) is 12.1 Å². The smallest absolute Gasteiger partial charge is 0.152 e. The van der Waals surface area contributed by atoms with E-state index in [9.17, 15) is 10.2 Å². The lowest BCUT2D eigenvalue weighted by Crippen LogP contribution is -2.42. The van der Waals surface area contributed by atoms with Gasteiger partial charge >= 0.3 is 0 Å². The maximum Gasteiger partial charge on any atom is 0.152 e. The van der Waals surface area contributed by atoms with Gasteiger partial charge in [0.2, 0.25) is 0 Å². The Morgan fingerprint density at radius 2 is 1.96 bits per heavy atom. The lowest BCUT2D eigenvalue weighted by molar-refractivity contribution is -0.0135. The summed E-state index contributed by atoms with van der Waals surface area (Å²) in [5, 5.41) is 33.1. The van der Waals surface area contributed by atoms with Crippen molar-refractivity contribution in [3.8, 4) is 17.0 Å². The Labute approximate surface area is 157 Å². The van der Waals surface area contributed by atoms with Crippen LogP contribution in [0, 0.1) is 0 Å². The largest absolute Gasteiger partial charge is 0.507 e. The van der Waals surface area contributed by atoms with E-state index in [0.29, 0.717) is 29.5 Å². The summed E-state index contributed by atoms with van der Waals surface area (Å²) in [5.74, 6) is 0.850. The molecule has 1 fully saturated rings. The first-order valence-electron chi connectivity index (χ1n) is 9.03. The Morgan fingerprint density at radius 1 is 1.15 bits per heavy atom. The summed E-state index contributed by atoms with van der Waals surface area (Å²) in [6.45, 7) is 0.963. The monoisotopic (exact) mass is 375 g/mol. The van der Waals surface area contributed by atoms with Gasteiger partial charge in [0.1, 0.15) is 11.4 Å². The number of benzene rings is 1. The lowest BCUT2D eigenvalue weighted by atomic mass is 9.89. The van der Waals surface area contributed by atoms with Gasteiger partial charge in [0, 0.05) is 22.8 Å². The third kappa shape index (κ3) is 3.37. The van der Waals surface area contributed by atoms with Crippen LogP contribution in [0.1, 0.15) is 30.4 Å². The van der Waals surface area contributed by atoms with Gasteiger partial charge in [0.25, 0.3) is 0 Å². The first-order chi connectivity index (χ1) is 12.6. The number of halogens is 1. The molecule has 1 saturated heterocycles. The van der Waals surface area contributed by atoms with Crippen LogP contribution in [0.3, 0.4) is 0 Å². The number of hydrogen-bond acceptors (Lipinski definition) is 6. The van der Waals surface area contributed by atoms with Crippen LogP contribution in [0.25, 0.3) is 11.3 Å². The SMILES string of the molecule is Oc1cc(Cl)ccc1-c1nnc(N[C@@H]2CCOC[C@H]2O)c2c1CCCC2. The van der Waals surface area contributed by atoms with Crippen molar-refractivity contribution in [1.82, 2.24) is 10.2 Å². The molecule has 3 N–H and O–H groups in total. The predicted octanol–water partition coefficient (Wildman–Crippen LogP) is 2.94. The molecule has 6 nitrogen and oxygen atoms in total. The standard InChI is InChI=1S/C19H22ClN3O3/c20-11-5-6-14(16(24)9-11)18-12-3-1-2-4-13(12)19(23-22-18)21-15-7-8-26-10-17(15)25/h5-6,9,15,17,24-25H,1-4,7-8,10H2,(H,21,23)/t15-,17-/m1/s1. The van der Waals surface area contributed by atoms with Gasteiger partial charge in [0.15, 0.2) is 5.82 Å². The van der Waals surface area contributed by atoms with Crippen molar-refractivity contribution >= 4 is 17.4 Å². The molecule has 2 heterocycles. The van der Waals surface area contributed by atoms with Crippen LogP contribution in [-0.2, 0) is 17.6 Å². The highest BCUT2D eigenvalue weighted by atomic mass is 35.5. The third-order valence-electron chi connectivity index (χ3n) is 5.15. The third-order valence-corrected chi connectivity index (χ3v) is 5.39. The molecule has 1 aromatic heterocycles. The second-order valence-corrected chi connectivity index (χ2v) is 7.34. The van der Waals surface area contributed by atoms with E-state index < -0.39 is 6.10 Å². The molecule has 0 unspecified atom stereocenters. The molecule has 2 atom stereocenters. The van der Waals surface area contributed by atoms with Crippen molar-refractivity contribution in [3.05, 3.63) is 34.3 Å². The van der Waals surface area contributed by atoms with Gasteiger partial charge < -0.3 is 20.3 Å². The maximum atomic E-state index is 10.3. The highest BCUT2D eigenvalue weighted by Crippen LogP contribution is 2.37. The van der Waals surface area contributed by atoms with Crippen LogP contribution in [0.4, 0.5) is 5.82 Å².